The van der Waals surface area contributed by atoms with Crippen molar-refractivity contribution in [3.63, 3.8) is 0 Å². The lowest BCUT2D eigenvalue weighted by Gasteiger charge is -2.10. The largest absolute Gasteiger partial charge is 0.410 e. The van der Waals surface area contributed by atoms with E-state index < -0.39 is 0 Å². The van der Waals surface area contributed by atoms with E-state index >= 15 is 0 Å². The highest BCUT2D eigenvalue weighted by Gasteiger charge is 2.14. The van der Waals surface area contributed by atoms with Gasteiger partial charge in [0.25, 0.3) is 0 Å². The second-order valence-electron chi connectivity index (χ2n) is 4.12. The first-order valence-corrected chi connectivity index (χ1v) is 6.02. The average molecular weight is 271 g/mol. The maximum Gasteiger partial charge on any atom is 0.104 e. The highest BCUT2D eigenvalue weighted by molar-refractivity contribution is 6.36. The fraction of sp³-hybridized carbons (Fsp3) is 0.0667. The lowest BCUT2D eigenvalue weighted by Crippen LogP contribution is -1.99. The Morgan fingerprint density at radius 2 is 1.95 bits per heavy atom. The molecule has 0 heterocycles. The lowest BCUT2D eigenvalue weighted by atomic mass is 9.96. The summed E-state index contributed by atoms with van der Waals surface area (Å²) in [6.07, 6.45) is 4.80. The number of hydrogen-bond acceptors (Lipinski definition) is 3. The fourth-order valence-corrected chi connectivity index (χ4v) is 2.04. The molecule has 1 aliphatic rings. The molecule has 0 aliphatic heterocycles. The van der Waals surface area contributed by atoms with Crippen LogP contribution in [-0.4, -0.2) is 10.9 Å². The molecule has 1 aromatic carbocycles. The molecule has 0 amide bonds. The van der Waals surface area contributed by atoms with Gasteiger partial charge in [-0.05, 0) is 30.7 Å². The molecule has 0 aromatic heterocycles. The van der Waals surface area contributed by atoms with Crippen molar-refractivity contribution in [2.75, 3.05) is 0 Å². The quantitative estimate of drug-likeness (QED) is 0.479. The molecule has 2 rings (SSSR count). The molecular formula is C15H11ClN2O. The molecule has 1 aromatic rings. The number of aryl methyl sites for hydroxylation is 1. The van der Waals surface area contributed by atoms with Gasteiger partial charge in [-0.15, -0.1) is 0 Å². The van der Waals surface area contributed by atoms with Crippen molar-refractivity contribution in [2.24, 2.45) is 5.16 Å². The van der Waals surface area contributed by atoms with Gasteiger partial charge in [-0.2, -0.15) is 5.26 Å². The Hall–Kier alpha value is -2.31. The number of rotatable bonds is 1. The van der Waals surface area contributed by atoms with Crippen molar-refractivity contribution >= 4 is 22.9 Å². The maximum atomic E-state index is 9.33. The third-order valence-electron chi connectivity index (χ3n) is 2.79. The Morgan fingerprint density at radius 3 is 2.47 bits per heavy atom. The molecule has 19 heavy (non-hydrogen) atoms. The predicted molar refractivity (Wildman–Crippen MR) is 76.0 cm³/mol. The molecule has 0 atom stereocenters. The van der Waals surface area contributed by atoms with Gasteiger partial charge in [-0.1, -0.05) is 46.6 Å². The zero-order valence-electron chi connectivity index (χ0n) is 10.3. The summed E-state index contributed by atoms with van der Waals surface area (Å²) in [6, 6.07) is 9.82. The summed E-state index contributed by atoms with van der Waals surface area (Å²) in [5.74, 6) is 0. The van der Waals surface area contributed by atoms with Gasteiger partial charge < -0.3 is 5.21 Å². The summed E-state index contributed by atoms with van der Waals surface area (Å²) in [7, 11) is 0. The van der Waals surface area contributed by atoms with E-state index in [-0.39, 0.29) is 0 Å². The second-order valence-corrected chi connectivity index (χ2v) is 4.52. The molecule has 3 nitrogen and oxygen atoms in total. The predicted octanol–water partition coefficient (Wildman–Crippen LogP) is 3.79. The van der Waals surface area contributed by atoms with Crippen LogP contribution in [0.25, 0.3) is 5.57 Å². The van der Waals surface area contributed by atoms with Crippen LogP contribution in [0.1, 0.15) is 11.1 Å². The summed E-state index contributed by atoms with van der Waals surface area (Å²) in [5, 5.41) is 21.5. The highest BCUT2D eigenvalue weighted by atomic mass is 35.5. The van der Waals surface area contributed by atoms with Gasteiger partial charge in [0.1, 0.15) is 11.8 Å². The van der Waals surface area contributed by atoms with Crippen molar-refractivity contribution in [1.82, 2.24) is 0 Å². The zero-order valence-corrected chi connectivity index (χ0v) is 11.0. The Balaban J connectivity index is 2.54. The van der Waals surface area contributed by atoms with E-state index in [9.17, 15) is 5.26 Å². The first kappa shape index (κ1) is 13.1. The monoisotopic (exact) mass is 270 g/mol. The van der Waals surface area contributed by atoms with Gasteiger partial charge in [0.2, 0.25) is 0 Å². The zero-order chi connectivity index (χ0) is 13.8. The lowest BCUT2D eigenvalue weighted by molar-refractivity contribution is 0.320. The topological polar surface area (TPSA) is 56.4 Å². The van der Waals surface area contributed by atoms with Crippen LogP contribution in [0.4, 0.5) is 0 Å². The second kappa shape index (κ2) is 5.55. The normalized spacial score (nSPS) is 19.0. The van der Waals surface area contributed by atoms with Crippen LogP contribution in [0.2, 0.25) is 0 Å². The molecule has 0 unspecified atom stereocenters. The van der Waals surface area contributed by atoms with E-state index in [0.717, 1.165) is 11.1 Å². The molecule has 0 radical (unpaired) electrons. The smallest absolute Gasteiger partial charge is 0.104 e. The van der Waals surface area contributed by atoms with Crippen LogP contribution >= 0.6 is 11.6 Å². The molecule has 1 aliphatic carbocycles. The van der Waals surface area contributed by atoms with Crippen molar-refractivity contribution in [2.45, 2.75) is 6.92 Å². The van der Waals surface area contributed by atoms with Gasteiger partial charge in [-0.3, -0.25) is 0 Å². The summed E-state index contributed by atoms with van der Waals surface area (Å²) < 4.78 is 0. The average Bonchev–Trinajstić information content (AvgIpc) is 2.43. The van der Waals surface area contributed by atoms with Crippen molar-refractivity contribution in [3.8, 4) is 6.07 Å². The SMILES string of the molecule is Cc1ccc(/C(C#N)=C2C=C/C(=N\O)C=C/2Cl)cc1. The van der Waals surface area contributed by atoms with Gasteiger partial charge in [0.05, 0.1) is 10.6 Å². The minimum atomic E-state index is 0.356. The van der Waals surface area contributed by atoms with Crippen LogP contribution in [0, 0.1) is 18.3 Å². The number of benzene rings is 1. The highest BCUT2D eigenvalue weighted by Crippen LogP contribution is 2.29. The number of allylic oxidation sites excluding steroid dienone is 6. The van der Waals surface area contributed by atoms with Crippen LogP contribution in [0.15, 0.2) is 58.3 Å². The molecule has 0 bridgehead atoms. The van der Waals surface area contributed by atoms with Crippen LogP contribution < -0.4 is 0 Å². The van der Waals surface area contributed by atoms with Gasteiger partial charge in [0, 0.05) is 5.57 Å². The van der Waals surface area contributed by atoms with Crippen molar-refractivity contribution < 1.29 is 5.21 Å². The van der Waals surface area contributed by atoms with Crippen LogP contribution in [-0.2, 0) is 0 Å². The minimum Gasteiger partial charge on any atom is -0.410 e. The van der Waals surface area contributed by atoms with E-state index in [1.54, 1.807) is 12.2 Å². The van der Waals surface area contributed by atoms with Crippen LogP contribution in [0.3, 0.4) is 0 Å². The van der Waals surface area contributed by atoms with Crippen molar-refractivity contribution in [1.29, 1.82) is 5.26 Å². The van der Waals surface area contributed by atoms with E-state index in [0.29, 0.717) is 21.9 Å². The van der Waals surface area contributed by atoms with E-state index in [1.165, 1.54) is 6.08 Å². The molecule has 0 fully saturated rings. The first-order valence-electron chi connectivity index (χ1n) is 5.65. The number of nitriles is 1. The summed E-state index contributed by atoms with van der Waals surface area (Å²) in [5.41, 5.74) is 3.41. The summed E-state index contributed by atoms with van der Waals surface area (Å²) in [4.78, 5) is 0. The molecular weight excluding hydrogens is 260 g/mol. The molecule has 94 valence electrons. The van der Waals surface area contributed by atoms with E-state index in [4.69, 9.17) is 16.8 Å². The third kappa shape index (κ3) is 2.75. The van der Waals surface area contributed by atoms with Crippen molar-refractivity contribution in [3.05, 3.63) is 64.2 Å². The van der Waals surface area contributed by atoms with Gasteiger partial charge >= 0.3 is 0 Å². The fourth-order valence-electron chi connectivity index (χ4n) is 1.77. The Labute approximate surface area is 116 Å². The summed E-state index contributed by atoms with van der Waals surface area (Å²) >= 11 is 6.12. The Kier molecular flexibility index (Phi) is 3.84. The number of nitrogens with zero attached hydrogens (tertiary/aromatic N) is 2. The van der Waals surface area contributed by atoms with E-state index in [1.807, 2.05) is 31.2 Å². The molecule has 0 spiro atoms. The summed E-state index contributed by atoms with van der Waals surface area (Å²) in [6.45, 7) is 1.99. The minimum absolute atomic E-state index is 0.356. The molecule has 0 saturated heterocycles. The third-order valence-corrected chi connectivity index (χ3v) is 3.10. The van der Waals surface area contributed by atoms with Gasteiger partial charge in [-0.25, -0.2) is 0 Å². The maximum absolute atomic E-state index is 9.33. The number of hydrogen-bond donors (Lipinski definition) is 1. The first-order chi connectivity index (χ1) is 9.15. The standard InChI is InChI=1S/C15H11ClN2O/c1-10-2-4-11(5-3-10)14(9-17)13-7-6-12(18-19)8-15(13)16/h2-8,19H,1H3/b14-13-,18-12+. The molecule has 0 saturated carbocycles. The van der Waals surface area contributed by atoms with Gasteiger partial charge in [0.15, 0.2) is 0 Å². The molecule has 4 heteroatoms. The van der Waals surface area contributed by atoms with E-state index in [2.05, 4.69) is 11.2 Å². The Bertz CT molecular complexity index is 658. The molecule has 1 N–H and O–H groups in total. The number of oxime groups is 1. The van der Waals surface area contributed by atoms with Crippen LogP contribution in [0.5, 0.6) is 0 Å². The Morgan fingerprint density at radius 1 is 1.26 bits per heavy atom. The number of halogens is 1.